The Labute approximate surface area is 129 Å². The molecule has 5 nitrogen and oxygen atoms in total. The molecule has 112 valence electrons. The van der Waals surface area contributed by atoms with Crippen molar-refractivity contribution >= 4 is 29.0 Å². The topological polar surface area (TPSA) is 72.6 Å². The van der Waals surface area contributed by atoms with Gasteiger partial charge in [-0.25, -0.2) is 0 Å². The molecular formula is C15H18N2O3S. The van der Waals surface area contributed by atoms with E-state index in [4.69, 9.17) is 22.7 Å². The molecule has 1 aromatic carbocycles. The van der Waals surface area contributed by atoms with Gasteiger partial charge in [-0.1, -0.05) is 32.1 Å². The first-order valence-corrected chi connectivity index (χ1v) is 7.09. The molecule has 1 aromatic rings. The summed E-state index contributed by atoms with van der Waals surface area (Å²) in [6.45, 7) is 3.79. The van der Waals surface area contributed by atoms with Crippen LogP contribution in [0.3, 0.4) is 0 Å². The summed E-state index contributed by atoms with van der Waals surface area (Å²) >= 11 is 4.95. The molecule has 2 amide bonds. The average Bonchev–Trinajstić information content (AvgIpc) is 2.64. The Morgan fingerprint density at radius 3 is 2.33 bits per heavy atom. The number of thiocarbonyl (C=S) groups is 1. The molecule has 1 saturated heterocycles. The van der Waals surface area contributed by atoms with Gasteiger partial charge in [0.1, 0.15) is 10.7 Å². The molecule has 1 aliphatic rings. The molecule has 1 heterocycles. The van der Waals surface area contributed by atoms with Crippen molar-refractivity contribution in [3.63, 3.8) is 0 Å². The standard InChI is InChI=1S/C15H18N2O3S/c1-8-9(2)15(19)17(14(8)18)7-10-4-5-11(13(16)21)12(6-10)20-3/h4-6,8-9H,7H2,1-3H3,(H2,16,21). The number of carbonyl (C=O) groups is 2. The summed E-state index contributed by atoms with van der Waals surface area (Å²) in [5.41, 5.74) is 7.05. The van der Waals surface area contributed by atoms with Crippen LogP contribution in [0.25, 0.3) is 0 Å². The molecule has 2 rings (SSSR count). The molecule has 0 radical (unpaired) electrons. The maximum atomic E-state index is 12.1. The maximum Gasteiger partial charge on any atom is 0.233 e. The van der Waals surface area contributed by atoms with Gasteiger partial charge >= 0.3 is 0 Å². The number of amides is 2. The minimum atomic E-state index is -0.268. The highest BCUT2D eigenvalue weighted by atomic mass is 32.1. The van der Waals surface area contributed by atoms with Gasteiger partial charge in [0.25, 0.3) is 0 Å². The third-order valence-corrected chi connectivity index (χ3v) is 4.15. The first-order valence-electron chi connectivity index (χ1n) is 6.68. The number of carbonyl (C=O) groups excluding carboxylic acids is 2. The van der Waals surface area contributed by atoms with Crippen molar-refractivity contribution in [2.45, 2.75) is 20.4 Å². The highest BCUT2D eigenvalue weighted by molar-refractivity contribution is 7.80. The Balaban J connectivity index is 2.27. The third-order valence-electron chi connectivity index (χ3n) is 3.93. The van der Waals surface area contributed by atoms with Crippen LogP contribution in [-0.4, -0.2) is 28.8 Å². The SMILES string of the molecule is COc1cc(CN2C(=O)C(C)C(C)C2=O)ccc1C(N)=S. The lowest BCUT2D eigenvalue weighted by Gasteiger charge is -2.16. The van der Waals surface area contributed by atoms with Crippen LogP contribution in [0.4, 0.5) is 0 Å². The summed E-state index contributed by atoms with van der Waals surface area (Å²) in [4.78, 5) is 25.7. The highest BCUT2D eigenvalue weighted by Gasteiger charge is 2.41. The number of benzene rings is 1. The Hall–Kier alpha value is -1.95. The predicted molar refractivity (Wildman–Crippen MR) is 82.8 cm³/mol. The molecule has 21 heavy (non-hydrogen) atoms. The quantitative estimate of drug-likeness (QED) is 0.673. The van der Waals surface area contributed by atoms with E-state index in [0.29, 0.717) is 11.3 Å². The molecule has 2 atom stereocenters. The van der Waals surface area contributed by atoms with E-state index in [1.54, 1.807) is 32.0 Å². The van der Waals surface area contributed by atoms with Crippen LogP contribution >= 0.6 is 12.2 Å². The van der Waals surface area contributed by atoms with E-state index < -0.39 is 0 Å². The lowest BCUT2D eigenvalue weighted by molar-refractivity contribution is -0.140. The average molecular weight is 306 g/mol. The monoisotopic (exact) mass is 306 g/mol. The molecule has 1 fully saturated rings. The van der Waals surface area contributed by atoms with Gasteiger partial charge in [-0.2, -0.15) is 0 Å². The number of rotatable bonds is 4. The van der Waals surface area contributed by atoms with Crippen molar-refractivity contribution in [1.82, 2.24) is 4.90 Å². The minimum Gasteiger partial charge on any atom is -0.496 e. The van der Waals surface area contributed by atoms with Crippen LogP contribution in [0.5, 0.6) is 5.75 Å². The number of nitrogens with two attached hydrogens (primary N) is 1. The smallest absolute Gasteiger partial charge is 0.233 e. The lowest BCUT2D eigenvalue weighted by Crippen LogP contribution is -2.30. The molecule has 0 bridgehead atoms. The number of hydrogen-bond acceptors (Lipinski definition) is 4. The second-order valence-electron chi connectivity index (χ2n) is 5.24. The van der Waals surface area contributed by atoms with Gasteiger partial charge < -0.3 is 10.5 Å². The molecule has 1 aliphatic heterocycles. The molecule has 0 aliphatic carbocycles. The Kier molecular flexibility index (Phi) is 4.27. The lowest BCUT2D eigenvalue weighted by atomic mass is 10.00. The van der Waals surface area contributed by atoms with Gasteiger partial charge in [-0.05, 0) is 17.7 Å². The van der Waals surface area contributed by atoms with Crippen LogP contribution < -0.4 is 10.5 Å². The number of nitrogens with zero attached hydrogens (tertiary/aromatic N) is 1. The van der Waals surface area contributed by atoms with Gasteiger partial charge in [0.15, 0.2) is 0 Å². The minimum absolute atomic E-state index is 0.134. The Bertz CT molecular complexity index is 595. The van der Waals surface area contributed by atoms with E-state index in [0.717, 1.165) is 5.56 Å². The molecule has 6 heteroatoms. The van der Waals surface area contributed by atoms with Crippen molar-refractivity contribution in [1.29, 1.82) is 0 Å². The number of imide groups is 1. The molecule has 0 saturated carbocycles. The summed E-state index contributed by atoms with van der Waals surface area (Å²) < 4.78 is 5.25. The van der Waals surface area contributed by atoms with Gasteiger partial charge in [0.2, 0.25) is 11.8 Å². The van der Waals surface area contributed by atoms with Crippen molar-refractivity contribution in [3.8, 4) is 5.75 Å². The van der Waals surface area contributed by atoms with Gasteiger partial charge in [0, 0.05) is 11.8 Å². The van der Waals surface area contributed by atoms with Crippen LogP contribution in [0.15, 0.2) is 18.2 Å². The normalized spacial score (nSPS) is 21.8. The van der Waals surface area contributed by atoms with E-state index in [-0.39, 0.29) is 35.2 Å². The zero-order chi connectivity index (χ0) is 15.7. The first-order chi connectivity index (χ1) is 9.86. The third kappa shape index (κ3) is 2.76. The Morgan fingerprint density at radius 2 is 1.86 bits per heavy atom. The van der Waals surface area contributed by atoms with Crippen molar-refractivity contribution < 1.29 is 14.3 Å². The summed E-state index contributed by atoms with van der Waals surface area (Å²) in [5.74, 6) is -0.263. The maximum absolute atomic E-state index is 12.1. The van der Waals surface area contributed by atoms with Crippen LogP contribution in [0.2, 0.25) is 0 Å². The van der Waals surface area contributed by atoms with Crippen LogP contribution in [0.1, 0.15) is 25.0 Å². The van der Waals surface area contributed by atoms with Crippen molar-refractivity contribution in [2.75, 3.05) is 7.11 Å². The number of ether oxygens (including phenoxy) is 1. The number of methoxy groups -OCH3 is 1. The predicted octanol–water partition coefficient (Wildman–Crippen LogP) is 1.47. The fraction of sp³-hybridized carbons (Fsp3) is 0.400. The van der Waals surface area contributed by atoms with Crippen molar-refractivity contribution in [2.24, 2.45) is 17.6 Å². The molecule has 0 aromatic heterocycles. The first kappa shape index (κ1) is 15.4. The summed E-state index contributed by atoms with van der Waals surface area (Å²) in [6, 6.07) is 5.29. The molecule has 0 spiro atoms. The zero-order valence-electron chi connectivity index (χ0n) is 12.3. The molecule has 2 N–H and O–H groups in total. The summed E-state index contributed by atoms with van der Waals surface area (Å²) in [5, 5.41) is 0. The van der Waals surface area contributed by atoms with E-state index in [2.05, 4.69) is 0 Å². The fourth-order valence-electron chi connectivity index (χ4n) is 2.40. The van der Waals surface area contributed by atoms with E-state index >= 15 is 0 Å². The summed E-state index contributed by atoms with van der Waals surface area (Å²) in [6.07, 6.45) is 0. The van der Waals surface area contributed by atoms with E-state index in [1.807, 2.05) is 0 Å². The second-order valence-corrected chi connectivity index (χ2v) is 5.68. The largest absolute Gasteiger partial charge is 0.496 e. The van der Waals surface area contributed by atoms with Gasteiger partial charge in [0.05, 0.1) is 19.2 Å². The summed E-state index contributed by atoms with van der Waals surface area (Å²) in [7, 11) is 1.52. The van der Waals surface area contributed by atoms with Crippen LogP contribution in [-0.2, 0) is 16.1 Å². The van der Waals surface area contributed by atoms with Crippen molar-refractivity contribution in [3.05, 3.63) is 29.3 Å². The zero-order valence-corrected chi connectivity index (χ0v) is 13.1. The van der Waals surface area contributed by atoms with E-state index in [9.17, 15) is 9.59 Å². The van der Waals surface area contributed by atoms with Gasteiger partial charge in [-0.3, -0.25) is 14.5 Å². The van der Waals surface area contributed by atoms with Gasteiger partial charge in [-0.15, -0.1) is 0 Å². The molecular weight excluding hydrogens is 288 g/mol. The molecule has 2 unspecified atom stereocenters. The number of hydrogen-bond donors (Lipinski definition) is 1. The fourth-order valence-corrected chi connectivity index (χ4v) is 2.57. The highest BCUT2D eigenvalue weighted by Crippen LogP contribution is 2.28. The number of likely N-dealkylation sites (tertiary alicyclic amines) is 1. The second kappa shape index (κ2) is 5.81. The Morgan fingerprint density at radius 1 is 1.29 bits per heavy atom. The van der Waals surface area contributed by atoms with Crippen LogP contribution in [0, 0.1) is 11.8 Å². The van der Waals surface area contributed by atoms with E-state index in [1.165, 1.54) is 12.0 Å².